The van der Waals surface area contributed by atoms with E-state index < -0.39 is 5.67 Å². The van der Waals surface area contributed by atoms with Gasteiger partial charge in [0, 0.05) is 30.2 Å². The monoisotopic (exact) mass is 455 g/mol. The van der Waals surface area contributed by atoms with Crippen LogP contribution >= 0.6 is 0 Å². The molecule has 0 amide bonds. The lowest BCUT2D eigenvalue weighted by Gasteiger charge is -2.41. The zero-order chi connectivity index (χ0) is 25.0. The van der Waals surface area contributed by atoms with Gasteiger partial charge >= 0.3 is 0 Å². The van der Waals surface area contributed by atoms with E-state index in [4.69, 9.17) is 5.73 Å². The zero-order valence-electron chi connectivity index (χ0n) is 20.9. The molecule has 1 saturated heterocycles. The Labute approximate surface area is 200 Å². The summed E-state index contributed by atoms with van der Waals surface area (Å²) in [6, 6.07) is 0.206. The molecule has 6 heteroatoms. The molecule has 0 bridgehead atoms. The fraction of sp³-hybridized carbons (Fsp3) is 0.444. The molecule has 182 valence electrons. The Hall–Kier alpha value is -2.86. The fourth-order valence-electron chi connectivity index (χ4n) is 3.45. The molecule has 0 radical (unpaired) electrons. The van der Waals surface area contributed by atoms with Gasteiger partial charge in [0.1, 0.15) is 17.3 Å². The van der Waals surface area contributed by atoms with Gasteiger partial charge in [-0.3, -0.25) is 0 Å². The number of likely N-dealkylation sites (tertiary alicyclic amines) is 1. The molecule has 4 N–H and O–H groups in total. The summed E-state index contributed by atoms with van der Waals surface area (Å²) in [5, 5.41) is 6.37. The first kappa shape index (κ1) is 28.2. The average molecular weight is 456 g/mol. The zero-order valence-corrected chi connectivity index (χ0v) is 20.9. The van der Waals surface area contributed by atoms with Crippen molar-refractivity contribution in [2.45, 2.75) is 65.1 Å². The van der Waals surface area contributed by atoms with Crippen molar-refractivity contribution < 1.29 is 4.39 Å². The van der Waals surface area contributed by atoms with Gasteiger partial charge in [-0.05, 0) is 77.1 Å². The number of rotatable bonds is 13. The summed E-state index contributed by atoms with van der Waals surface area (Å²) in [6.45, 7) is 24.8. The number of piperidine rings is 1. The van der Waals surface area contributed by atoms with Crippen molar-refractivity contribution in [2.24, 2.45) is 10.7 Å². The van der Waals surface area contributed by atoms with Crippen LogP contribution in [0.1, 0.15) is 53.4 Å². The van der Waals surface area contributed by atoms with Gasteiger partial charge in [-0.25, -0.2) is 9.38 Å². The maximum atomic E-state index is 13.7. The van der Waals surface area contributed by atoms with E-state index in [1.807, 2.05) is 32.1 Å². The summed E-state index contributed by atoms with van der Waals surface area (Å²) in [6.07, 6.45) is 12.6. The van der Waals surface area contributed by atoms with Crippen molar-refractivity contribution in [2.75, 3.05) is 13.1 Å². The Kier molecular flexibility index (Phi) is 11.6. The number of hydrogen-bond donors (Lipinski definition) is 3. The molecular weight excluding hydrogens is 413 g/mol. The molecule has 0 aromatic heterocycles. The Morgan fingerprint density at radius 3 is 2.64 bits per heavy atom. The molecule has 1 aliphatic heterocycles. The minimum absolute atomic E-state index is 0.206. The van der Waals surface area contributed by atoms with Crippen LogP contribution in [0.4, 0.5) is 4.39 Å². The molecule has 0 spiro atoms. The molecule has 0 aromatic carbocycles. The Morgan fingerprint density at radius 2 is 2.03 bits per heavy atom. The van der Waals surface area contributed by atoms with Gasteiger partial charge in [-0.15, -0.1) is 0 Å². The summed E-state index contributed by atoms with van der Waals surface area (Å²) in [5.74, 6) is 1.18. The standard InChI is InChI=1S/C27H42FN5/c1-9-10-18-31-23(5)32-24(6)33-22(4)25(13-14-26(33)15-17-29)12-11-20(2)21(3)30-19-16-27(7,8)28/h9-12,18,26,30,32H,3-6,13-17,19,29H2,1-2,7-8H3/b10-9-,20-11+,25-12-,31-18?. The van der Waals surface area contributed by atoms with E-state index in [-0.39, 0.29) is 6.04 Å². The topological polar surface area (TPSA) is 65.7 Å². The number of aliphatic imine (C=N–C) groups is 1. The van der Waals surface area contributed by atoms with E-state index >= 15 is 0 Å². The lowest BCUT2D eigenvalue weighted by molar-refractivity contribution is 0.202. The molecule has 5 nitrogen and oxygen atoms in total. The predicted molar refractivity (Wildman–Crippen MR) is 141 cm³/mol. The summed E-state index contributed by atoms with van der Waals surface area (Å²) >= 11 is 0. The molecule has 1 heterocycles. The largest absolute Gasteiger partial charge is 0.385 e. The molecule has 1 atom stereocenters. The summed E-state index contributed by atoms with van der Waals surface area (Å²) < 4.78 is 13.7. The van der Waals surface area contributed by atoms with Gasteiger partial charge < -0.3 is 21.3 Å². The summed E-state index contributed by atoms with van der Waals surface area (Å²) in [4.78, 5) is 6.35. The van der Waals surface area contributed by atoms with Crippen LogP contribution in [-0.2, 0) is 0 Å². The van der Waals surface area contributed by atoms with Crippen molar-refractivity contribution in [3.05, 3.63) is 84.8 Å². The van der Waals surface area contributed by atoms with E-state index in [1.54, 1.807) is 20.1 Å². The van der Waals surface area contributed by atoms with Crippen molar-refractivity contribution >= 4 is 6.21 Å². The second-order valence-electron chi connectivity index (χ2n) is 8.82. The highest BCUT2D eigenvalue weighted by atomic mass is 19.1. The molecule has 1 fully saturated rings. The SMILES string of the molecule is C=C(N=C/C=C\C)NC(=C)N1C(=C)/C(=C\C=C(/C)C(=C)NCCC(C)(C)F)CCC1CCN. The van der Waals surface area contributed by atoms with Crippen LogP contribution in [0.2, 0.25) is 0 Å². The molecular formula is C27H42FN5. The van der Waals surface area contributed by atoms with Gasteiger partial charge in [0.15, 0.2) is 0 Å². The quantitative estimate of drug-likeness (QED) is 0.250. The molecule has 0 aromatic rings. The molecule has 33 heavy (non-hydrogen) atoms. The highest BCUT2D eigenvalue weighted by Crippen LogP contribution is 2.33. The minimum Gasteiger partial charge on any atom is -0.385 e. The van der Waals surface area contributed by atoms with E-state index in [9.17, 15) is 4.39 Å². The second kappa shape index (κ2) is 13.6. The predicted octanol–water partition coefficient (Wildman–Crippen LogP) is 5.61. The highest BCUT2D eigenvalue weighted by molar-refractivity contribution is 5.71. The fourth-order valence-corrected chi connectivity index (χ4v) is 3.45. The Balaban J connectivity index is 2.93. The molecule has 1 aliphatic rings. The number of alkyl halides is 1. The van der Waals surface area contributed by atoms with Gasteiger partial charge in [-0.1, -0.05) is 44.5 Å². The molecule has 0 saturated carbocycles. The first-order valence-corrected chi connectivity index (χ1v) is 11.5. The number of nitrogens with one attached hydrogen (secondary N) is 2. The van der Waals surface area contributed by atoms with Crippen molar-refractivity contribution in [3.8, 4) is 0 Å². The number of nitrogens with zero attached hydrogens (tertiary/aromatic N) is 2. The van der Waals surface area contributed by atoms with E-state index in [0.717, 1.165) is 41.8 Å². The lowest BCUT2D eigenvalue weighted by atomic mass is 9.92. The number of nitrogens with two attached hydrogens (primary N) is 1. The van der Waals surface area contributed by atoms with E-state index in [2.05, 4.69) is 52.9 Å². The van der Waals surface area contributed by atoms with E-state index in [1.165, 1.54) is 0 Å². The van der Waals surface area contributed by atoms with Crippen LogP contribution in [0, 0.1) is 0 Å². The molecule has 1 unspecified atom stereocenters. The number of hydrogen-bond acceptors (Lipinski definition) is 5. The summed E-state index contributed by atoms with van der Waals surface area (Å²) in [5.41, 5.74) is 8.44. The first-order chi connectivity index (χ1) is 15.5. The van der Waals surface area contributed by atoms with Crippen LogP contribution in [0.5, 0.6) is 0 Å². The van der Waals surface area contributed by atoms with Crippen LogP contribution < -0.4 is 16.4 Å². The van der Waals surface area contributed by atoms with E-state index in [0.29, 0.717) is 31.2 Å². The van der Waals surface area contributed by atoms with Crippen molar-refractivity contribution in [1.82, 2.24) is 15.5 Å². The maximum Gasteiger partial charge on any atom is 0.124 e. The van der Waals surface area contributed by atoms with Crippen LogP contribution in [0.25, 0.3) is 0 Å². The normalized spacial score (nSPS) is 18.9. The molecule has 0 aliphatic carbocycles. The number of allylic oxidation sites excluding steroid dienone is 6. The highest BCUT2D eigenvalue weighted by Gasteiger charge is 2.28. The lowest BCUT2D eigenvalue weighted by Crippen LogP contribution is -2.42. The van der Waals surface area contributed by atoms with Crippen molar-refractivity contribution in [3.63, 3.8) is 0 Å². The Morgan fingerprint density at radius 1 is 1.33 bits per heavy atom. The van der Waals surface area contributed by atoms with Gasteiger partial charge in [-0.2, -0.15) is 0 Å². The van der Waals surface area contributed by atoms with Crippen LogP contribution in [0.15, 0.2) is 89.8 Å². The van der Waals surface area contributed by atoms with Crippen LogP contribution in [-0.4, -0.2) is 35.9 Å². The minimum atomic E-state index is -1.20. The van der Waals surface area contributed by atoms with Crippen LogP contribution in [0.3, 0.4) is 0 Å². The Bertz CT molecular complexity index is 839. The number of halogens is 1. The first-order valence-electron chi connectivity index (χ1n) is 11.5. The smallest absolute Gasteiger partial charge is 0.124 e. The molecule has 1 rings (SSSR count). The average Bonchev–Trinajstić information content (AvgIpc) is 2.72. The third-order valence-electron chi connectivity index (χ3n) is 5.43. The third-order valence-corrected chi connectivity index (χ3v) is 5.43. The van der Waals surface area contributed by atoms with Gasteiger partial charge in [0.05, 0.1) is 0 Å². The second-order valence-corrected chi connectivity index (χ2v) is 8.82. The maximum absolute atomic E-state index is 13.7. The third kappa shape index (κ3) is 10.1. The summed E-state index contributed by atoms with van der Waals surface area (Å²) in [7, 11) is 0. The van der Waals surface area contributed by atoms with Gasteiger partial charge in [0.2, 0.25) is 0 Å². The van der Waals surface area contributed by atoms with Crippen molar-refractivity contribution in [1.29, 1.82) is 0 Å². The van der Waals surface area contributed by atoms with Gasteiger partial charge in [0.25, 0.3) is 0 Å².